The number of nitrogens with one attached hydrogen (secondary N) is 1. The van der Waals surface area contributed by atoms with Crippen LogP contribution in [0.4, 0.5) is 0 Å². The van der Waals surface area contributed by atoms with E-state index in [0.717, 1.165) is 0 Å². The first-order valence-electron chi connectivity index (χ1n) is 5.53. The molecule has 0 aliphatic heterocycles. The lowest BCUT2D eigenvalue weighted by Gasteiger charge is -2.13. The largest absolute Gasteiger partial charge is 0.493 e. The smallest absolute Gasteiger partial charge is 0.252 e. The standard InChI is InChI=1S/C12H17N3O4/c1-7(11(13)15-17)14-12(16)8-4-5-9(18-2)10(6-8)19-3/h4-7,17H,1-3H3,(H2,13,15)(H,14,16). The minimum Gasteiger partial charge on any atom is -0.493 e. The molecule has 7 nitrogen and oxygen atoms in total. The summed E-state index contributed by atoms with van der Waals surface area (Å²) in [6.07, 6.45) is 0. The second-order valence-electron chi connectivity index (χ2n) is 3.79. The molecular weight excluding hydrogens is 250 g/mol. The number of rotatable bonds is 5. The molecular formula is C12H17N3O4. The summed E-state index contributed by atoms with van der Waals surface area (Å²) in [7, 11) is 3.00. The van der Waals surface area contributed by atoms with E-state index in [9.17, 15) is 4.79 Å². The monoisotopic (exact) mass is 267 g/mol. The van der Waals surface area contributed by atoms with Gasteiger partial charge in [-0.1, -0.05) is 5.16 Å². The Morgan fingerprint density at radius 1 is 1.37 bits per heavy atom. The molecule has 19 heavy (non-hydrogen) atoms. The lowest BCUT2D eigenvalue weighted by Crippen LogP contribution is -2.42. The molecule has 4 N–H and O–H groups in total. The Morgan fingerprint density at radius 3 is 2.53 bits per heavy atom. The number of ether oxygens (including phenoxy) is 2. The van der Waals surface area contributed by atoms with Crippen LogP contribution < -0.4 is 20.5 Å². The second-order valence-corrected chi connectivity index (χ2v) is 3.79. The summed E-state index contributed by atoms with van der Waals surface area (Å²) in [4.78, 5) is 11.9. The molecule has 1 aromatic rings. The highest BCUT2D eigenvalue weighted by Gasteiger charge is 2.15. The molecule has 0 saturated heterocycles. The van der Waals surface area contributed by atoms with E-state index < -0.39 is 6.04 Å². The Hall–Kier alpha value is -2.44. The Bertz CT molecular complexity index is 488. The van der Waals surface area contributed by atoms with Crippen LogP contribution in [0.15, 0.2) is 23.4 Å². The number of nitrogens with two attached hydrogens (primary N) is 1. The summed E-state index contributed by atoms with van der Waals surface area (Å²) < 4.78 is 10.2. The van der Waals surface area contributed by atoms with E-state index in [0.29, 0.717) is 17.1 Å². The molecule has 1 atom stereocenters. The highest BCUT2D eigenvalue weighted by Crippen LogP contribution is 2.27. The van der Waals surface area contributed by atoms with Gasteiger partial charge in [-0.05, 0) is 25.1 Å². The van der Waals surface area contributed by atoms with Crippen LogP contribution in [0, 0.1) is 0 Å². The predicted octanol–water partition coefficient (Wildman–Crippen LogP) is 0.569. The Morgan fingerprint density at radius 2 is 2.00 bits per heavy atom. The molecule has 0 spiro atoms. The summed E-state index contributed by atoms with van der Waals surface area (Å²) in [5, 5.41) is 13.9. The maximum absolute atomic E-state index is 11.9. The SMILES string of the molecule is COc1ccc(C(=O)NC(C)/C(N)=N/O)cc1OC. The van der Waals surface area contributed by atoms with Crippen molar-refractivity contribution in [2.45, 2.75) is 13.0 Å². The number of hydrogen-bond acceptors (Lipinski definition) is 5. The third-order valence-electron chi connectivity index (χ3n) is 2.55. The Balaban J connectivity index is 2.89. The number of benzene rings is 1. The summed E-state index contributed by atoms with van der Waals surface area (Å²) in [6.45, 7) is 1.60. The van der Waals surface area contributed by atoms with Crippen LogP contribution in [-0.4, -0.2) is 37.2 Å². The van der Waals surface area contributed by atoms with Gasteiger partial charge in [-0.3, -0.25) is 4.79 Å². The molecule has 0 fully saturated rings. The Kier molecular flexibility index (Phi) is 4.99. The van der Waals surface area contributed by atoms with Crippen molar-refractivity contribution in [2.24, 2.45) is 10.9 Å². The fourth-order valence-corrected chi connectivity index (χ4v) is 1.42. The van der Waals surface area contributed by atoms with Crippen LogP contribution in [0.5, 0.6) is 11.5 Å². The minimum absolute atomic E-state index is 0.0752. The number of carbonyl (C=O) groups is 1. The predicted molar refractivity (Wildman–Crippen MR) is 69.9 cm³/mol. The van der Waals surface area contributed by atoms with E-state index in [-0.39, 0.29) is 11.7 Å². The molecule has 1 amide bonds. The zero-order valence-electron chi connectivity index (χ0n) is 11.0. The van der Waals surface area contributed by atoms with Crippen molar-refractivity contribution in [3.8, 4) is 11.5 Å². The van der Waals surface area contributed by atoms with Gasteiger partial charge >= 0.3 is 0 Å². The summed E-state index contributed by atoms with van der Waals surface area (Å²) in [5.41, 5.74) is 5.77. The molecule has 7 heteroatoms. The van der Waals surface area contributed by atoms with Crippen LogP contribution in [0.25, 0.3) is 0 Å². The van der Waals surface area contributed by atoms with Gasteiger partial charge in [0.2, 0.25) is 0 Å². The highest BCUT2D eigenvalue weighted by atomic mass is 16.5. The van der Waals surface area contributed by atoms with E-state index >= 15 is 0 Å². The van der Waals surface area contributed by atoms with Gasteiger partial charge in [-0.15, -0.1) is 0 Å². The summed E-state index contributed by atoms with van der Waals surface area (Å²) in [6, 6.07) is 4.19. The summed E-state index contributed by atoms with van der Waals surface area (Å²) >= 11 is 0. The maximum atomic E-state index is 11.9. The topological polar surface area (TPSA) is 106 Å². The number of methoxy groups -OCH3 is 2. The van der Waals surface area contributed by atoms with Gasteiger partial charge in [0.25, 0.3) is 5.91 Å². The van der Waals surface area contributed by atoms with Gasteiger partial charge in [0.1, 0.15) is 0 Å². The van der Waals surface area contributed by atoms with Gasteiger partial charge in [0, 0.05) is 5.56 Å². The van der Waals surface area contributed by atoms with Gasteiger partial charge < -0.3 is 25.7 Å². The highest BCUT2D eigenvalue weighted by molar-refractivity contribution is 5.98. The van der Waals surface area contributed by atoms with Gasteiger partial charge in [-0.25, -0.2) is 0 Å². The van der Waals surface area contributed by atoms with Crippen LogP contribution in [-0.2, 0) is 0 Å². The van der Waals surface area contributed by atoms with Crippen LogP contribution in [0.3, 0.4) is 0 Å². The van der Waals surface area contributed by atoms with Gasteiger partial charge in [0.05, 0.1) is 20.3 Å². The number of hydrogen-bond donors (Lipinski definition) is 3. The molecule has 1 rings (SSSR count). The third kappa shape index (κ3) is 3.51. The zero-order valence-corrected chi connectivity index (χ0v) is 11.0. The van der Waals surface area contributed by atoms with Crippen molar-refractivity contribution in [3.63, 3.8) is 0 Å². The molecule has 1 aromatic carbocycles. The fourth-order valence-electron chi connectivity index (χ4n) is 1.42. The average molecular weight is 267 g/mol. The molecule has 0 aromatic heterocycles. The van der Waals surface area contributed by atoms with Crippen molar-refractivity contribution in [3.05, 3.63) is 23.8 Å². The zero-order chi connectivity index (χ0) is 14.4. The second kappa shape index (κ2) is 6.48. The van der Waals surface area contributed by atoms with Gasteiger partial charge in [-0.2, -0.15) is 0 Å². The lowest BCUT2D eigenvalue weighted by atomic mass is 10.1. The Labute approximate surface area is 111 Å². The van der Waals surface area contributed by atoms with E-state index in [1.165, 1.54) is 14.2 Å². The average Bonchev–Trinajstić information content (AvgIpc) is 2.45. The van der Waals surface area contributed by atoms with Crippen molar-refractivity contribution >= 4 is 11.7 Å². The van der Waals surface area contributed by atoms with Crippen LogP contribution >= 0.6 is 0 Å². The van der Waals surface area contributed by atoms with E-state index in [1.54, 1.807) is 25.1 Å². The first kappa shape index (κ1) is 14.6. The van der Waals surface area contributed by atoms with E-state index in [2.05, 4.69) is 10.5 Å². The summed E-state index contributed by atoms with van der Waals surface area (Å²) in [5.74, 6) is 0.545. The fraction of sp³-hybridized carbons (Fsp3) is 0.333. The molecule has 0 aliphatic carbocycles. The van der Waals surface area contributed by atoms with Crippen molar-refractivity contribution in [2.75, 3.05) is 14.2 Å². The number of nitrogens with zero attached hydrogens (tertiary/aromatic N) is 1. The lowest BCUT2D eigenvalue weighted by molar-refractivity contribution is 0.0948. The van der Waals surface area contributed by atoms with E-state index in [1.807, 2.05) is 0 Å². The number of amides is 1. The first-order valence-corrected chi connectivity index (χ1v) is 5.53. The quantitative estimate of drug-likeness (QED) is 0.313. The number of oxime groups is 1. The molecule has 0 heterocycles. The first-order chi connectivity index (χ1) is 9.03. The third-order valence-corrected chi connectivity index (χ3v) is 2.55. The molecule has 104 valence electrons. The number of amidine groups is 1. The number of carbonyl (C=O) groups excluding carboxylic acids is 1. The maximum Gasteiger partial charge on any atom is 0.252 e. The molecule has 0 radical (unpaired) electrons. The van der Waals surface area contributed by atoms with E-state index in [4.69, 9.17) is 20.4 Å². The van der Waals surface area contributed by atoms with Crippen molar-refractivity contribution in [1.82, 2.24) is 5.32 Å². The van der Waals surface area contributed by atoms with Crippen LogP contribution in [0.1, 0.15) is 17.3 Å². The van der Waals surface area contributed by atoms with Crippen molar-refractivity contribution < 1.29 is 19.5 Å². The van der Waals surface area contributed by atoms with Gasteiger partial charge in [0.15, 0.2) is 17.3 Å². The molecule has 0 aliphatic rings. The molecule has 0 bridgehead atoms. The van der Waals surface area contributed by atoms with Crippen molar-refractivity contribution in [1.29, 1.82) is 0 Å². The minimum atomic E-state index is -0.578. The molecule has 1 unspecified atom stereocenters. The van der Waals surface area contributed by atoms with Crippen LogP contribution in [0.2, 0.25) is 0 Å². The normalized spacial score (nSPS) is 12.7. The molecule has 0 saturated carbocycles.